The summed E-state index contributed by atoms with van der Waals surface area (Å²) in [6, 6.07) is 7.30. The van der Waals surface area contributed by atoms with Gasteiger partial charge in [-0.2, -0.15) is 4.37 Å². The van der Waals surface area contributed by atoms with Crippen LogP contribution in [0.15, 0.2) is 24.3 Å². The fourth-order valence-corrected chi connectivity index (χ4v) is 4.95. The zero-order valence-electron chi connectivity index (χ0n) is 19.5. The summed E-state index contributed by atoms with van der Waals surface area (Å²) in [7, 11) is 0. The van der Waals surface area contributed by atoms with E-state index < -0.39 is 0 Å². The third kappa shape index (κ3) is 7.52. The Bertz CT molecular complexity index is 841. The molecule has 1 aliphatic heterocycles. The van der Waals surface area contributed by atoms with E-state index in [1.807, 2.05) is 0 Å². The van der Waals surface area contributed by atoms with E-state index in [1.54, 1.807) is 12.1 Å². The predicted molar refractivity (Wildman–Crippen MR) is 129 cm³/mol. The molecule has 2 aromatic rings. The second-order valence-electron chi connectivity index (χ2n) is 8.92. The third-order valence-corrected chi connectivity index (χ3v) is 6.86. The largest absolute Gasteiger partial charge is 0.356 e. The highest BCUT2D eigenvalue weighted by Crippen LogP contribution is 2.21. The molecule has 1 aromatic heterocycles. The summed E-state index contributed by atoms with van der Waals surface area (Å²) in [5.74, 6) is 0.558. The van der Waals surface area contributed by atoms with Crippen molar-refractivity contribution in [2.45, 2.75) is 71.4 Å². The number of rotatable bonds is 11. The maximum Gasteiger partial charge on any atom is 0.221 e. The Labute approximate surface area is 195 Å². The van der Waals surface area contributed by atoms with Crippen molar-refractivity contribution in [3.05, 3.63) is 41.5 Å². The van der Waals surface area contributed by atoms with Crippen LogP contribution in [0.1, 0.15) is 64.3 Å². The van der Waals surface area contributed by atoms with Gasteiger partial charge in [-0.25, -0.2) is 9.37 Å². The molecule has 6 nitrogen and oxygen atoms in total. The number of benzene rings is 1. The highest BCUT2D eigenvalue weighted by Gasteiger charge is 2.19. The van der Waals surface area contributed by atoms with E-state index in [0.717, 1.165) is 36.0 Å². The number of nitrogens with one attached hydrogen (secondary N) is 1. The maximum absolute atomic E-state index is 13.1. The molecule has 8 heteroatoms. The summed E-state index contributed by atoms with van der Waals surface area (Å²) in [5.41, 5.74) is 0.977. The van der Waals surface area contributed by atoms with Crippen molar-refractivity contribution in [2.24, 2.45) is 0 Å². The van der Waals surface area contributed by atoms with Crippen molar-refractivity contribution in [2.75, 3.05) is 31.1 Å². The third-order valence-electron chi connectivity index (χ3n) is 6.07. The molecule has 3 rings (SSSR count). The molecule has 1 N–H and O–H groups in total. The van der Waals surface area contributed by atoms with Crippen molar-refractivity contribution in [1.29, 1.82) is 0 Å². The fraction of sp³-hybridized carbons (Fsp3) is 0.625. The number of hydrogen-bond donors (Lipinski definition) is 1. The molecule has 0 spiro atoms. The lowest BCUT2D eigenvalue weighted by Crippen LogP contribution is -2.39. The highest BCUT2D eigenvalue weighted by atomic mass is 32.1. The molecule has 1 fully saturated rings. The average molecular weight is 462 g/mol. The first-order chi connectivity index (χ1) is 15.4. The van der Waals surface area contributed by atoms with Gasteiger partial charge in [0.25, 0.3) is 0 Å². The number of aromatic nitrogens is 2. The number of anilines is 1. The minimum absolute atomic E-state index is 0.0818. The van der Waals surface area contributed by atoms with E-state index in [2.05, 4.69) is 45.2 Å². The summed E-state index contributed by atoms with van der Waals surface area (Å²) in [6.45, 7) is 10.1. The number of likely N-dealkylation sites (tertiary alicyclic amines) is 1. The average Bonchev–Trinajstić information content (AvgIpc) is 3.22. The lowest BCUT2D eigenvalue weighted by Gasteiger charge is -2.33. The van der Waals surface area contributed by atoms with Crippen LogP contribution in [0.2, 0.25) is 0 Å². The summed E-state index contributed by atoms with van der Waals surface area (Å²) >= 11 is 1.35. The molecule has 0 bridgehead atoms. The first kappa shape index (κ1) is 24.6. The van der Waals surface area contributed by atoms with Gasteiger partial charge < -0.3 is 15.1 Å². The number of halogens is 1. The molecular formula is C24H36FN5OS. The van der Waals surface area contributed by atoms with Gasteiger partial charge in [0.2, 0.25) is 11.0 Å². The minimum Gasteiger partial charge on any atom is -0.356 e. The lowest BCUT2D eigenvalue weighted by molar-refractivity contribution is -0.120. The lowest BCUT2D eigenvalue weighted by atomic mass is 10.0. The molecule has 1 aliphatic rings. The van der Waals surface area contributed by atoms with Gasteiger partial charge in [0, 0.05) is 56.1 Å². The van der Waals surface area contributed by atoms with E-state index in [1.165, 1.54) is 49.5 Å². The Morgan fingerprint density at radius 3 is 2.81 bits per heavy atom. The topological polar surface area (TPSA) is 61.4 Å². The molecule has 1 amide bonds. The van der Waals surface area contributed by atoms with Crippen LogP contribution >= 0.6 is 11.5 Å². The molecule has 1 unspecified atom stereocenters. The van der Waals surface area contributed by atoms with Crippen LogP contribution in [-0.2, 0) is 11.2 Å². The Balaban J connectivity index is 1.42. The molecule has 176 valence electrons. The zero-order valence-corrected chi connectivity index (χ0v) is 20.3. The summed E-state index contributed by atoms with van der Waals surface area (Å²) in [5, 5.41) is 3.89. The summed E-state index contributed by atoms with van der Waals surface area (Å²) in [4.78, 5) is 21.7. The number of piperidine rings is 1. The first-order valence-corrected chi connectivity index (χ1v) is 12.5. The highest BCUT2D eigenvalue weighted by molar-refractivity contribution is 7.09. The molecule has 1 saturated heterocycles. The van der Waals surface area contributed by atoms with Crippen LogP contribution < -0.4 is 10.2 Å². The van der Waals surface area contributed by atoms with Crippen LogP contribution in [0.3, 0.4) is 0 Å². The molecule has 1 aromatic carbocycles. The molecule has 0 aliphatic carbocycles. The molecule has 2 heterocycles. The van der Waals surface area contributed by atoms with Gasteiger partial charge in [-0.1, -0.05) is 18.6 Å². The summed E-state index contributed by atoms with van der Waals surface area (Å²) < 4.78 is 17.6. The standard InChI is InChI=1S/C24H36FN5OS/c1-18(2)30(24-27-22(28-32-24)17-20-8-10-21(25)11-9-20)16-12-23(31)26-13-6-15-29-14-5-4-7-19(29)3/h8-11,18-19H,4-7,12-17H2,1-3H3,(H,26,31). The Hall–Kier alpha value is -2.06. The van der Waals surface area contributed by atoms with E-state index in [0.29, 0.717) is 25.4 Å². The smallest absolute Gasteiger partial charge is 0.221 e. The van der Waals surface area contributed by atoms with Crippen molar-refractivity contribution in [3.63, 3.8) is 0 Å². The second kappa shape index (κ2) is 12.3. The van der Waals surface area contributed by atoms with Gasteiger partial charge >= 0.3 is 0 Å². The van der Waals surface area contributed by atoms with E-state index in [4.69, 9.17) is 0 Å². The zero-order chi connectivity index (χ0) is 22.9. The van der Waals surface area contributed by atoms with E-state index in [9.17, 15) is 9.18 Å². The van der Waals surface area contributed by atoms with Crippen LogP contribution in [0.4, 0.5) is 9.52 Å². The van der Waals surface area contributed by atoms with Crippen molar-refractivity contribution in [1.82, 2.24) is 19.6 Å². The molecule has 1 atom stereocenters. The SMILES string of the molecule is CC1CCCCN1CCCNC(=O)CCN(c1nc(Cc2ccc(F)cc2)ns1)C(C)C. The van der Waals surface area contributed by atoms with E-state index in [-0.39, 0.29) is 17.8 Å². The molecule has 0 radical (unpaired) electrons. The maximum atomic E-state index is 13.1. The van der Waals surface area contributed by atoms with E-state index >= 15 is 0 Å². The molecule has 0 saturated carbocycles. The van der Waals surface area contributed by atoms with Crippen LogP contribution in [0, 0.1) is 5.82 Å². The fourth-order valence-electron chi connectivity index (χ4n) is 4.10. The van der Waals surface area contributed by atoms with Gasteiger partial charge in [0.1, 0.15) is 11.6 Å². The quantitative estimate of drug-likeness (QED) is 0.507. The van der Waals surface area contributed by atoms with Crippen LogP contribution in [-0.4, -0.2) is 58.4 Å². The van der Waals surface area contributed by atoms with Crippen LogP contribution in [0.5, 0.6) is 0 Å². The Kier molecular flexibility index (Phi) is 9.41. The molecule has 32 heavy (non-hydrogen) atoms. The van der Waals surface area contributed by atoms with Crippen LogP contribution in [0.25, 0.3) is 0 Å². The number of amides is 1. The van der Waals surface area contributed by atoms with Gasteiger partial charge in [-0.15, -0.1) is 0 Å². The van der Waals surface area contributed by atoms with Gasteiger partial charge in [0.05, 0.1) is 0 Å². The predicted octanol–water partition coefficient (Wildman–Crippen LogP) is 4.25. The normalized spacial score (nSPS) is 17.0. The number of hydrogen-bond acceptors (Lipinski definition) is 6. The second-order valence-corrected chi connectivity index (χ2v) is 9.65. The van der Waals surface area contributed by atoms with Crippen molar-refractivity contribution in [3.8, 4) is 0 Å². The van der Waals surface area contributed by atoms with Gasteiger partial charge in [0.15, 0.2) is 0 Å². The first-order valence-electron chi connectivity index (χ1n) is 11.8. The van der Waals surface area contributed by atoms with Crippen molar-refractivity contribution >= 4 is 22.6 Å². The Morgan fingerprint density at radius 2 is 2.09 bits per heavy atom. The van der Waals surface area contributed by atoms with Crippen molar-refractivity contribution < 1.29 is 9.18 Å². The summed E-state index contributed by atoms with van der Waals surface area (Å²) in [6.07, 6.45) is 5.91. The van der Waals surface area contributed by atoms with Gasteiger partial charge in [-0.3, -0.25) is 4.79 Å². The number of nitrogens with zero attached hydrogens (tertiary/aromatic N) is 4. The monoisotopic (exact) mass is 461 g/mol. The number of carbonyl (C=O) groups excluding carboxylic acids is 1. The van der Waals surface area contributed by atoms with Gasteiger partial charge in [-0.05, 0) is 64.3 Å². The number of carbonyl (C=O) groups is 1. The minimum atomic E-state index is -0.244. The molecular weight excluding hydrogens is 425 g/mol. The Morgan fingerprint density at radius 1 is 1.31 bits per heavy atom.